The van der Waals surface area contributed by atoms with Gasteiger partial charge in [0.15, 0.2) is 0 Å². The second kappa shape index (κ2) is 7.31. The van der Waals surface area contributed by atoms with Crippen molar-refractivity contribution in [3.8, 4) is 0 Å². The Kier molecular flexibility index (Phi) is 6.35. The zero-order chi connectivity index (χ0) is 14.6. The lowest BCUT2D eigenvalue weighted by molar-refractivity contribution is -0.159. The highest BCUT2D eigenvalue weighted by molar-refractivity contribution is 5.71. The molecule has 0 bridgehead atoms. The first-order valence-electron chi connectivity index (χ1n) is 8.07. The summed E-state index contributed by atoms with van der Waals surface area (Å²) in [5.74, 6) is 2.66. The lowest BCUT2D eigenvalue weighted by Crippen LogP contribution is -2.38. The highest BCUT2D eigenvalue weighted by Gasteiger charge is 2.37. The molecule has 0 aromatic carbocycles. The molecule has 2 nitrogen and oxygen atoms in total. The Morgan fingerprint density at radius 3 is 2.26 bits per heavy atom. The normalized spacial score (nSPS) is 29.6. The number of carbonyl (C=O) groups excluding carboxylic acids is 1. The van der Waals surface area contributed by atoms with E-state index in [0.717, 1.165) is 12.3 Å². The van der Waals surface area contributed by atoms with Gasteiger partial charge in [-0.2, -0.15) is 0 Å². The van der Waals surface area contributed by atoms with Crippen LogP contribution >= 0.6 is 0 Å². The fraction of sp³-hybridized carbons (Fsp3) is 0.941. The van der Waals surface area contributed by atoms with E-state index >= 15 is 0 Å². The fourth-order valence-electron chi connectivity index (χ4n) is 3.46. The number of ether oxygens (including phenoxy) is 1. The van der Waals surface area contributed by atoms with Gasteiger partial charge in [0.1, 0.15) is 6.10 Å². The lowest BCUT2D eigenvalue weighted by Gasteiger charge is -2.41. The molecule has 0 amide bonds. The first-order valence-corrected chi connectivity index (χ1v) is 8.07. The average molecular weight is 268 g/mol. The molecule has 1 fully saturated rings. The first kappa shape index (κ1) is 16.5. The Balaban J connectivity index is 2.76. The molecule has 4 atom stereocenters. The largest absolute Gasteiger partial charge is 0.462 e. The highest BCUT2D eigenvalue weighted by Crippen LogP contribution is 2.41. The van der Waals surface area contributed by atoms with Gasteiger partial charge in [0.25, 0.3) is 0 Å². The molecule has 112 valence electrons. The molecule has 0 aromatic heterocycles. The molecule has 19 heavy (non-hydrogen) atoms. The van der Waals surface area contributed by atoms with Crippen LogP contribution in [-0.4, -0.2) is 12.1 Å². The molecule has 1 aliphatic carbocycles. The molecular weight excluding hydrogens is 236 g/mol. The van der Waals surface area contributed by atoms with Crippen LogP contribution in [0.1, 0.15) is 67.2 Å². The van der Waals surface area contributed by atoms with Crippen LogP contribution in [-0.2, 0) is 9.53 Å². The minimum Gasteiger partial charge on any atom is -0.462 e. The minimum atomic E-state index is -0.0346. The van der Waals surface area contributed by atoms with E-state index in [2.05, 4.69) is 27.7 Å². The predicted molar refractivity (Wildman–Crippen MR) is 79.8 cm³/mol. The van der Waals surface area contributed by atoms with Crippen molar-refractivity contribution in [1.82, 2.24) is 0 Å². The molecule has 1 saturated carbocycles. The zero-order valence-corrected chi connectivity index (χ0v) is 13.6. The van der Waals surface area contributed by atoms with Crippen LogP contribution in [0.4, 0.5) is 0 Å². The number of carbonyl (C=O) groups is 1. The minimum absolute atomic E-state index is 0.0208. The molecule has 0 saturated heterocycles. The smallest absolute Gasteiger partial charge is 0.308 e. The van der Waals surface area contributed by atoms with Crippen molar-refractivity contribution < 1.29 is 9.53 Å². The summed E-state index contributed by atoms with van der Waals surface area (Å²) < 4.78 is 5.79. The quantitative estimate of drug-likeness (QED) is 0.677. The van der Waals surface area contributed by atoms with E-state index in [9.17, 15) is 4.79 Å². The van der Waals surface area contributed by atoms with E-state index in [4.69, 9.17) is 4.74 Å². The topological polar surface area (TPSA) is 26.3 Å². The third kappa shape index (κ3) is 4.50. The fourth-order valence-corrected chi connectivity index (χ4v) is 3.46. The van der Waals surface area contributed by atoms with Crippen molar-refractivity contribution in [2.24, 2.45) is 29.6 Å². The Labute approximate surface area is 119 Å². The molecule has 0 N–H and O–H groups in total. The average Bonchev–Trinajstić information content (AvgIpc) is 2.34. The second-order valence-corrected chi connectivity index (χ2v) is 7.03. The van der Waals surface area contributed by atoms with Gasteiger partial charge in [0.2, 0.25) is 0 Å². The van der Waals surface area contributed by atoms with Crippen LogP contribution in [0.25, 0.3) is 0 Å². The summed E-state index contributed by atoms with van der Waals surface area (Å²) in [5, 5.41) is 0. The third-order valence-corrected chi connectivity index (χ3v) is 4.69. The van der Waals surface area contributed by atoms with Gasteiger partial charge in [-0.3, -0.25) is 4.79 Å². The monoisotopic (exact) mass is 268 g/mol. The van der Waals surface area contributed by atoms with Gasteiger partial charge in [-0.15, -0.1) is 0 Å². The summed E-state index contributed by atoms with van der Waals surface area (Å²) in [6, 6.07) is 0. The number of esters is 1. The Bertz CT molecular complexity index is 283. The maximum atomic E-state index is 11.9. The number of rotatable bonds is 5. The van der Waals surface area contributed by atoms with Crippen LogP contribution in [0, 0.1) is 29.6 Å². The van der Waals surface area contributed by atoms with E-state index in [1.54, 1.807) is 0 Å². The molecular formula is C17H32O2. The van der Waals surface area contributed by atoms with Gasteiger partial charge in [0, 0.05) is 0 Å². The predicted octanol–water partition coefficient (Wildman–Crippen LogP) is 4.67. The van der Waals surface area contributed by atoms with E-state index in [1.807, 2.05) is 13.8 Å². The first-order chi connectivity index (χ1) is 8.86. The maximum Gasteiger partial charge on any atom is 0.308 e. The Morgan fingerprint density at radius 2 is 1.79 bits per heavy atom. The van der Waals surface area contributed by atoms with Crippen LogP contribution in [0.15, 0.2) is 0 Å². The third-order valence-electron chi connectivity index (χ3n) is 4.69. The molecule has 0 aromatic rings. The van der Waals surface area contributed by atoms with Crippen molar-refractivity contribution in [3.05, 3.63) is 0 Å². The van der Waals surface area contributed by atoms with E-state index < -0.39 is 0 Å². The van der Waals surface area contributed by atoms with Crippen molar-refractivity contribution in [2.45, 2.75) is 73.3 Å². The van der Waals surface area contributed by atoms with Crippen molar-refractivity contribution in [2.75, 3.05) is 0 Å². The summed E-state index contributed by atoms with van der Waals surface area (Å²) in [6.07, 6.45) is 4.89. The summed E-state index contributed by atoms with van der Waals surface area (Å²) in [5.41, 5.74) is 0. The lowest BCUT2D eigenvalue weighted by atomic mass is 9.67. The van der Waals surface area contributed by atoms with E-state index in [-0.39, 0.29) is 18.0 Å². The van der Waals surface area contributed by atoms with Crippen LogP contribution in [0.5, 0.6) is 0 Å². The van der Waals surface area contributed by atoms with Crippen molar-refractivity contribution in [1.29, 1.82) is 0 Å². The van der Waals surface area contributed by atoms with Gasteiger partial charge in [0.05, 0.1) is 5.92 Å². The summed E-state index contributed by atoms with van der Waals surface area (Å²) in [6.45, 7) is 12.9. The molecule has 0 spiro atoms. The standard InChI is InChI=1S/C17H32O2/c1-7-16(19-17(18)12(4)5)15-10-13(6)8-9-14(15)11(2)3/h11-16H,7-10H2,1-6H3. The number of hydrogen-bond donors (Lipinski definition) is 0. The second-order valence-electron chi connectivity index (χ2n) is 7.03. The van der Waals surface area contributed by atoms with Crippen molar-refractivity contribution in [3.63, 3.8) is 0 Å². The molecule has 0 aliphatic heterocycles. The van der Waals surface area contributed by atoms with E-state index in [0.29, 0.717) is 17.8 Å². The number of hydrogen-bond acceptors (Lipinski definition) is 2. The molecule has 2 heteroatoms. The van der Waals surface area contributed by atoms with E-state index in [1.165, 1.54) is 19.3 Å². The van der Waals surface area contributed by atoms with Gasteiger partial charge >= 0.3 is 5.97 Å². The van der Waals surface area contributed by atoms with Crippen molar-refractivity contribution >= 4 is 5.97 Å². The maximum absolute atomic E-state index is 11.9. The molecule has 0 radical (unpaired) electrons. The van der Waals surface area contributed by atoms with Gasteiger partial charge in [-0.1, -0.05) is 48.0 Å². The summed E-state index contributed by atoms with van der Waals surface area (Å²) in [4.78, 5) is 11.9. The van der Waals surface area contributed by atoms with Gasteiger partial charge < -0.3 is 4.74 Å². The van der Waals surface area contributed by atoms with Gasteiger partial charge in [-0.25, -0.2) is 0 Å². The summed E-state index contributed by atoms with van der Waals surface area (Å²) >= 11 is 0. The molecule has 4 unspecified atom stereocenters. The summed E-state index contributed by atoms with van der Waals surface area (Å²) in [7, 11) is 0. The highest BCUT2D eigenvalue weighted by atomic mass is 16.5. The SMILES string of the molecule is CCC(OC(=O)C(C)C)C1CC(C)CCC1C(C)C. The Morgan fingerprint density at radius 1 is 1.16 bits per heavy atom. The zero-order valence-electron chi connectivity index (χ0n) is 13.6. The van der Waals surface area contributed by atoms with Crippen LogP contribution in [0.3, 0.4) is 0 Å². The Hall–Kier alpha value is -0.530. The van der Waals surface area contributed by atoms with Crippen LogP contribution in [0.2, 0.25) is 0 Å². The molecule has 1 aliphatic rings. The van der Waals surface area contributed by atoms with Crippen LogP contribution < -0.4 is 0 Å². The molecule has 0 heterocycles. The molecule has 1 rings (SSSR count). The van der Waals surface area contributed by atoms with Gasteiger partial charge in [-0.05, 0) is 42.9 Å².